The SMILES string of the molecule is CCOc1ccc(-c2csc(NC(=O)COC(=O)c3c(-c4ccccc4)c4ccccc4c(=O)n3C)n2)cc1. The number of hydrogen-bond acceptors (Lipinski definition) is 7. The van der Waals surface area contributed by atoms with Crippen molar-refractivity contribution in [2.45, 2.75) is 6.92 Å². The van der Waals surface area contributed by atoms with E-state index >= 15 is 0 Å². The Kier molecular flexibility index (Phi) is 7.51. The number of fused-ring (bicyclic) bond motifs is 1. The molecule has 8 nitrogen and oxygen atoms in total. The molecule has 3 aromatic carbocycles. The standard InChI is InChI=1S/C30H25N3O5S/c1-3-37-21-15-13-19(14-16-21)24-18-39-30(31-24)32-25(34)17-38-29(36)27-26(20-9-5-4-6-10-20)22-11-7-8-12-23(22)28(35)33(27)2/h4-16,18H,3,17H2,1-2H3,(H,31,32,34). The van der Waals surface area contributed by atoms with Crippen LogP contribution in [0, 0.1) is 0 Å². The lowest BCUT2D eigenvalue weighted by Crippen LogP contribution is -2.28. The van der Waals surface area contributed by atoms with E-state index in [1.807, 2.05) is 73.0 Å². The van der Waals surface area contributed by atoms with Gasteiger partial charge in [0.1, 0.15) is 11.4 Å². The minimum atomic E-state index is -0.774. The lowest BCUT2D eigenvalue weighted by atomic mass is 9.97. The Labute approximate surface area is 228 Å². The van der Waals surface area contributed by atoms with Gasteiger partial charge in [-0.3, -0.25) is 14.9 Å². The van der Waals surface area contributed by atoms with Crippen LogP contribution in [0.15, 0.2) is 89.0 Å². The van der Waals surface area contributed by atoms with Gasteiger partial charge in [-0.2, -0.15) is 0 Å². The van der Waals surface area contributed by atoms with E-state index in [2.05, 4.69) is 10.3 Å². The van der Waals surface area contributed by atoms with Crippen LogP contribution in [0.3, 0.4) is 0 Å². The van der Waals surface area contributed by atoms with Gasteiger partial charge in [-0.05, 0) is 48.2 Å². The quantitative estimate of drug-likeness (QED) is 0.261. The van der Waals surface area contributed by atoms with E-state index in [0.717, 1.165) is 16.9 Å². The zero-order chi connectivity index (χ0) is 27.4. The summed E-state index contributed by atoms with van der Waals surface area (Å²) < 4.78 is 12.1. The first-order valence-corrected chi connectivity index (χ1v) is 13.2. The van der Waals surface area contributed by atoms with Gasteiger partial charge in [0.2, 0.25) is 0 Å². The highest BCUT2D eigenvalue weighted by Crippen LogP contribution is 2.31. The molecule has 0 aliphatic carbocycles. The summed E-state index contributed by atoms with van der Waals surface area (Å²) in [5.74, 6) is -0.544. The first-order chi connectivity index (χ1) is 19.0. The number of amides is 1. The minimum Gasteiger partial charge on any atom is -0.494 e. The second-order valence-electron chi connectivity index (χ2n) is 8.62. The lowest BCUT2D eigenvalue weighted by molar-refractivity contribution is -0.119. The Morgan fingerprint density at radius 3 is 2.33 bits per heavy atom. The van der Waals surface area contributed by atoms with Crippen molar-refractivity contribution in [3.05, 3.63) is 100 Å². The number of pyridine rings is 1. The number of carbonyl (C=O) groups is 2. The summed E-state index contributed by atoms with van der Waals surface area (Å²) in [5.41, 5.74) is 2.65. The predicted molar refractivity (Wildman–Crippen MR) is 152 cm³/mol. The first-order valence-electron chi connectivity index (χ1n) is 12.3. The molecule has 0 aliphatic rings. The lowest BCUT2D eigenvalue weighted by Gasteiger charge is -2.16. The van der Waals surface area contributed by atoms with Crippen molar-refractivity contribution in [3.8, 4) is 28.1 Å². The number of nitrogens with zero attached hydrogens (tertiary/aromatic N) is 2. The summed E-state index contributed by atoms with van der Waals surface area (Å²) in [6.45, 7) is 1.97. The number of ether oxygens (including phenoxy) is 2. The molecule has 0 atom stereocenters. The summed E-state index contributed by atoms with van der Waals surface area (Å²) in [6, 6.07) is 23.9. The Bertz CT molecular complexity index is 1710. The molecular formula is C30H25N3O5S. The molecule has 0 unspecified atom stereocenters. The predicted octanol–water partition coefficient (Wildman–Crippen LogP) is 5.52. The number of benzene rings is 3. The molecular weight excluding hydrogens is 514 g/mol. The van der Waals surface area contributed by atoms with Crippen molar-refractivity contribution in [2.24, 2.45) is 7.05 Å². The van der Waals surface area contributed by atoms with Gasteiger partial charge in [-0.15, -0.1) is 11.3 Å². The van der Waals surface area contributed by atoms with Gasteiger partial charge >= 0.3 is 5.97 Å². The fraction of sp³-hybridized carbons (Fsp3) is 0.133. The number of anilines is 1. The molecule has 9 heteroatoms. The number of aromatic nitrogens is 2. The molecule has 1 N–H and O–H groups in total. The van der Waals surface area contributed by atoms with Crippen molar-refractivity contribution in [1.29, 1.82) is 0 Å². The van der Waals surface area contributed by atoms with Crippen LogP contribution in [0.1, 0.15) is 17.4 Å². The summed E-state index contributed by atoms with van der Waals surface area (Å²) >= 11 is 1.26. The number of thiazole rings is 1. The highest BCUT2D eigenvalue weighted by molar-refractivity contribution is 7.14. The number of carbonyl (C=O) groups excluding carboxylic acids is 2. The number of rotatable bonds is 8. The highest BCUT2D eigenvalue weighted by atomic mass is 32.1. The molecule has 196 valence electrons. The topological polar surface area (TPSA) is 99.5 Å². The summed E-state index contributed by atoms with van der Waals surface area (Å²) in [5, 5.41) is 5.99. The van der Waals surface area contributed by atoms with Gasteiger partial charge in [0, 0.05) is 28.9 Å². The van der Waals surface area contributed by atoms with Gasteiger partial charge in [0.15, 0.2) is 11.7 Å². The zero-order valence-electron chi connectivity index (χ0n) is 21.3. The maximum atomic E-state index is 13.3. The van der Waals surface area contributed by atoms with Crippen LogP contribution < -0.4 is 15.6 Å². The monoisotopic (exact) mass is 539 g/mol. The van der Waals surface area contributed by atoms with Gasteiger partial charge in [-0.25, -0.2) is 9.78 Å². The maximum Gasteiger partial charge on any atom is 0.356 e. The van der Waals surface area contributed by atoms with Crippen LogP contribution in [0.2, 0.25) is 0 Å². The average Bonchev–Trinajstić information content (AvgIpc) is 3.43. The molecule has 0 saturated carbocycles. The Morgan fingerprint density at radius 2 is 1.62 bits per heavy atom. The molecule has 0 bridgehead atoms. The molecule has 0 spiro atoms. The Balaban J connectivity index is 1.34. The van der Waals surface area contributed by atoms with Crippen LogP contribution in [0.5, 0.6) is 5.75 Å². The van der Waals surface area contributed by atoms with Crippen LogP contribution in [-0.2, 0) is 16.6 Å². The van der Waals surface area contributed by atoms with Crippen molar-refractivity contribution in [3.63, 3.8) is 0 Å². The summed E-state index contributed by atoms with van der Waals surface area (Å²) in [4.78, 5) is 43.4. The van der Waals surface area contributed by atoms with Crippen LogP contribution >= 0.6 is 11.3 Å². The van der Waals surface area contributed by atoms with Gasteiger partial charge in [0.05, 0.1) is 12.3 Å². The smallest absolute Gasteiger partial charge is 0.356 e. The van der Waals surface area contributed by atoms with E-state index in [1.54, 1.807) is 18.2 Å². The second kappa shape index (κ2) is 11.3. The van der Waals surface area contributed by atoms with E-state index in [0.29, 0.717) is 33.8 Å². The second-order valence-corrected chi connectivity index (χ2v) is 9.48. The summed E-state index contributed by atoms with van der Waals surface area (Å²) in [6.07, 6.45) is 0. The molecule has 2 aromatic heterocycles. The van der Waals surface area contributed by atoms with Crippen LogP contribution in [-0.4, -0.2) is 34.6 Å². The van der Waals surface area contributed by atoms with Crippen molar-refractivity contribution >= 4 is 39.1 Å². The Morgan fingerprint density at radius 1 is 0.923 bits per heavy atom. The van der Waals surface area contributed by atoms with Crippen molar-refractivity contribution in [2.75, 3.05) is 18.5 Å². The third kappa shape index (κ3) is 5.44. The molecule has 39 heavy (non-hydrogen) atoms. The maximum absolute atomic E-state index is 13.3. The van der Waals surface area contributed by atoms with Gasteiger partial charge in [-0.1, -0.05) is 48.5 Å². The normalized spacial score (nSPS) is 10.8. The summed E-state index contributed by atoms with van der Waals surface area (Å²) in [7, 11) is 1.52. The highest BCUT2D eigenvalue weighted by Gasteiger charge is 2.23. The largest absolute Gasteiger partial charge is 0.494 e. The van der Waals surface area contributed by atoms with E-state index in [9.17, 15) is 14.4 Å². The number of nitrogens with one attached hydrogen (secondary N) is 1. The minimum absolute atomic E-state index is 0.0738. The average molecular weight is 540 g/mol. The Hall–Kier alpha value is -4.76. The number of hydrogen-bond donors (Lipinski definition) is 1. The zero-order valence-corrected chi connectivity index (χ0v) is 22.2. The third-order valence-electron chi connectivity index (χ3n) is 6.11. The molecule has 0 fully saturated rings. The van der Waals surface area contributed by atoms with Crippen LogP contribution in [0.25, 0.3) is 33.2 Å². The fourth-order valence-corrected chi connectivity index (χ4v) is 5.04. The molecule has 2 heterocycles. The molecule has 0 radical (unpaired) electrons. The van der Waals surface area contributed by atoms with Gasteiger partial charge in [0.25, 0.3) is 11.5 Å². The van der Waals surface area contributed by atoms with Crippen molar-refractivity contribution in [1.82, 2.24) is 9.55 Å². The van der Waals surface area contributed by atoms with Crippen molar-refractivity contribution < 1.29 is 19.1 Å². The molecule has 0 aliphatic heterocycles. The molecule has 5 rings (SSSR count). The van der Waals surface area contributed by atoms with E-state index in [4.69, 9.17) is 9.47 Å². The van der Waals surface area contributed by atoms with E-state index in [1.165, 1.54) is 23.0 Å². The van der Waals surface area contributed by atoms with E-state index < -0.39 is 18.5 Å². The fourth-order valence-electron chi connectivity index (χ4n) is 4.31. The molecule has 5 aromatic rings. The molecule has 0 saturated heterocycles. The third-order valence-corrected chi connectivity index (χ3v) is 6.86. The molecule has 1 amide bonds. The first kappa shape index (κ1) is 25.9. The van der Waals surface area contributed by atoms with Crippen LogP contribution in [0.4, 0.5) is 5.13 Å². The van der Waals surface area contributed by atoms with Gasteiger partial charge < -0.3 is 14.0 Å². The van der Waals surface area contributed by atoms with E-state index in [-0.39, 0.29) is 11.3 Å². The number of esters is 1.